The highest BCUT2D eigenvalue weighted by Crippen LogP contribution is 2.17. The number of aryl methyl sites for hydroxylation is 2. The van der Waals surface area contributed by atoms with Crippen LogP contribution in [0.5, 0.6) is 5.75 Å². The fraction of sp³-hybridized carbons (Fsp3) is 0.167. The molecule has 1 N–H and O–H groups in total. The van der Waals surface area contributed by atoms with Crippen molar-refractivity contribution in [2.75, 3.05) is 6.61 Å². The molecule has 0 unspecified atom stereocenters. The molecule has 5 heteroatoms. The van der Waals surface area contributed by atoms with Crippen molar-refractivity contribution in [3.63, 3.8) is 0 Å². The van der Waals surface area contributed by atoms with E-state index in [1.54, 1.807) is 12.1 Å². The normalized spacial score (nSPS) is 11.0. The van der Waals surface area contributed by atoms with Crippen LogP contribution in [0.4, 0.5) is 0 Å². The third-order valence-corrected chi connectivity index (χ3v) is 4.38. The highest BCUT2D eigenvalue weighted by atomic mass is 16.5. The number of aliphatic carboxylic acids is 1. The Labute approximate surface area is 169 Å². The first-order valence-electron chi connectivity index (χ1n) is 9.32. The van der Waals surface area contributed by atoms with Crippen LogP contribution in [0.25, 0.3) is 6.08 Å². The lowest BCUT2D eigenvalue weighted by Gasteiger charge is -2.08. The molecule has 0 fully saturated rings. The van der Waals surface area contributed by atoms with Gasteiger partial charge >= 0.3 is 5.97 Å². The van der Waals surface area contributed by atoms with Gasteiger partial charge in [-0.3, -0.25) is 4.79 Å². The average molecular weight is 389 g/mol. The van der Waals surface area contributed by atoms with Gasteiger partial charge in [0.05, 0.1) is 5.69 Å². The number of ether oxygens (including phenoxy) is 1. The van der Waals surface area contributed by atoms with Crippen molar-refractivity contribution in [1.29, 1.82) is 0 Å². The second-order valence-corrected chi connectivity index (χ2v) is 6.91. The molecule has 148 valence electrons. The van der Waals surface area contributed by atoms with Gasteiger partial charge in [0, 0.05) is 18.3 Å². The zero-order valence-electron chi connectivity index (χ0n) is 16.5. The number of hydrogen-bond donors (Lipinski definition) is 1. The number of aromatic nitrogens is 1. The Hall–Kier alpha value is -3.60. The molecule has 3 aromatic rings. The first kappa shape index (κ1) is 20.1. The minimum absolute atomic E-state index is 0.000678. The number of ketones is 1. The van der Waals surface area contributed by atoms with E-state index >= 15 is 0 Å². The predicted molar refractivity (Wildman–Crippen MR) is 112 cm³/mol. The number of carboxylic acids is 1. The zero-order chi connectivity index (χ0) is 20.8. The number of allylic oxidation sites excluding steroid dienone is 1. The zero-order valence-corrected chi connectivity index (χ0v) is 16.5. The second-order valence-electron chi connectivity index (χ2n) is 6.91. The van der Waals surface area contributed by atoms with E-state index in [2.05, 4.69) is 0 Å². The number of hydrogen-bond acceptors (Lipinski definition) is 3. The lowest BCUT2D eigenvalue weighted by molar-refractivity contribution is -0.139. The predicted octanol–water partition coefficient (Wildman–Crippen LogP) is 4.51. The summed E-state index contributed by atoms with van der Waals surface area (Å²) in [5.74, 6) is -0.514. The molecule has 0 radical (unpaired) electrons. The van der Waals surface area contributed by atoms with Crippen LogP contribution in [-0.4, -0.2) is 28.0 Å². The molecule has 0 saturated carbocycles. The van der Waals surface area contributed by atoms with Crippen molar-refractivity contribution >= 4 is 17.8 Å². The Kier molecular flexibility index (Phi) is 6.29. The van der Waals surface area contributed by atoms with Crippen LogP contribution in [0.2, 0.25) is 0 Å². The Morgan fingerprint density at radius 3 is 2.52 bits per heavy atom. The molecule has 5 nitrogen and oxygen atoms in total. The second kappa shape index (κ2) is 9.06. The van der Waals surface area contributed by atoms with E-state index < -0.39 is 5.97 Å². The molecule has 0 saturated heterocycles. The van der Waals surface area contributed by atoms with Crippen LogP contribution in [0.15, 0.2) is 66.9 Å². The van der Waals surface area contributed by atoms with Gasteiger partial charge in [0.2, 0.25) is 5.78 Å². The number of carbonyl (C=O) groups is 2. The van der Waals surface area contributed by atoms with Crippen molar-refractivity contribution in [3.05, 3.63) is 94.8 Å². The van der Waals surface area contributed by atoms with E-state index in [0.29, 0.717) is 23.6 Å². The van der Waals surface area contributed by atoms with E-state index in [1.165, 1.54) is 0 Å². The van der Waals surface area contributed by atoms with Crippen LogP contribution < -0.4 is 4.74 Å². The number of rotatable bonds is 8. The Bertz CT molecular complexity index is 1040. The summed E-state index contributed by atoms with van der Waals surface area (Å²) in [4.78, 5) is 23.5. The maximum Gasteiger partial charge on any atom is 0.341 e. The highest BCUT2D eigenvalue weighted by molar-refractivity contribution is 6.08. The average Bonchev–Trinajstić information content (AvgIpc) is 3.14. The van der Waals surface area contributed by atoms with Gasteiger partial charge in [0.25, 0.3) is 0 Å². The Balaban J connectivity index is 1.71. The third kappa shape index (κ3) is 5.45. The molecule has 0 aliphatic carbocycles. The first-order valence-corrected chi connectivity index (χ1v) is 9.32. The van der Waals surface area contributed by atoms with Gasteiger partial charge in [-0.1, -0.05) is 41.5 Å². The molecule has 1 heterocycles. The summed E-state index contributed by atoms with van der Waals surface area (Å²) in [5, 5.41) is 8.71. The molecule has 1 aromatic heterocycles. The maximum atomic E-state index is 12.9. The summed E-state index contributed by atoms with van der Waals surface area (Å²) < 4.78 is 7.10. The number of benzene rings is 2. The molecule has 29 heavy (non-hydrogen) atoms. The van der Waals surface area contributed by atoms with E-state index in [-0.39, 0.29) is 12.4 Å². The minimum Gasteiger partial charge on any atom is -0.482 e. The van der Waals surface area contributed by atoms with Crippen LogP contribution in [0.3, 0.4) is 0 Å². The summed E-state index contributed by atoms with van der Waals surface area (Å²) in [6.07, 6.45) is 5.75. The number of carboxylic acid groups (broad SMARTS) is 1. The molecule has 3 rings (SSSR count). The minimum atomic E-state index is -1.01. The van der Waals surface area contributed by atoms with Crippen molar-refractivity contribution < 1.29 is 19.4 Å². The summed E-state index contributed by atoms with van der Waals surface area (Å²) in [6.45, 7) is 4.14. The van der Waals surface area contributed by atoms with Crippen LogP contribution in [-0.2, 0) is 11.3 Å². The lowest BCUT2D eigenvalue weighted by atomic mass is 10.0. The maximum absolute atomic E-state index is 12.9. The van der Waals surface area contributed by atoms with Gasteiger partial charge in [-0.05, 0) is 55.8 Å². The topological polar surface area (TPSA) is 68.5 Å². The van der Waals surface area contributed by atoms with E-state index in [0.717, 1.165) is 16.7 Å². The molecule has 0 amide bonds. The smallest absolute Gasteiger partial charge is 0.341 e. The molecule has 2 aromatic carbocycles. The highest BCUT2D eigenvalue weighted by Gasteiger charge is 2.13. The van der Waals surface area contributed by atoms with Gasteiger partial charge in [0.15, 0.2) is 6.61 Å². The van der Waals surface area contributed by atoms with Gasteiger partial charge in [0.1, 0.15) is 5.75 Å². The molecular weight excluding hydrogens is 366 g/mol. The van der Waals surface area contributed by atoms with Gasteiger partial charge in [-0.25, -0.2) is 4.79 Å². The molecule has 0 aliphatic heterocycles. The Morgan fingerprint density at radius 2 is 1.79 bits per heavy atom. The summed E-state index contributed by atoms with van der Waals surface area (Å²) in [7, 11) is 0. The molecule has 0 spiro atoms. The van der Waals surface area contributed by atoms with Crippen molar-refractivity contribution in [3.8, 4) is 5.75 Å². The SMILES string of the molecule is Cc1cc(C)cc(C(=O)c2cccn2C/C=C/c2cccc(OCC(=O)O)c2)c1. The number of nitrogens with zero attached hydrogens (tertiary/aromatic N) is 1. The van der Waals surface area contributed by atoms with E-state index in [9.17, 15) is 9.59 Å². The number of carbonyl (C=O) groups excluding carboxylic acids is 1. The van der Waals surface area contributed by atoms with E-state index in [4.69, 9.17) is 9.84 Å². The first-order chi connectivity index (χ1) is 13.9. The quantitative estimate of drug-likeness (QED) is 0.576. The van der Waals surface area contributed by atoms with Crippen LogP contribution in [0, 0.1) is 13.8 Å². The summed E-state index contributed by atoms with van der Waals surface area (Å²) in [5.41, 5.74) is 4.35. The molecule has 0 atom stereocenters. The van der Waals surface area contributed by atoms with Crippen LogP contribution >= 0.6 is 0 Å². The van der Waals surface area contributed by atoms with Crippen molar-refractivity contribution in [1.82, 2.24) is 4.57 Å². The largest absolute Gasteiger partial charge is 0.482 e. The molecule has 0 aliphatic rings. The van der Waals surface area contributed by atoms with Gasteiger partial charge in [-0.2, -0.15) is 0 Å². The van der Waals surface area contributed by atoms with Crippen molar-refractivity contribution in [2.45, 2.75) is 20.4 Å². The summed E-state index contributed by atoms with van der Waals surface area (Å²) in [6, 6.07) is 16.8. The van der Waals surface area contributed by atoms with E-state index in [1.807, 2.05) is 79.2 Å². The van der Waals surface area contributed by atoms with Gasteiger partial charge in [-0.15, -0.1) is 0 Å². The fourth-order valence-electron chi connectivity index (χ4n) is 3.19. The summed E-state index contributed by atoms with van der Waals surface area (Å²) >= 11 is 0. The molecular formula is C24H23NO4. The lowest BCUT2D eigenvalue weighted by Crippen LogP contribution is -2.09. The van der Waals surface area contributed by atoms with Crippen molar-refractivity contribution in [2.24, 2.45) is 0 Å². The monoisotopic (exact) mass is 389 g/mol. The third-order valence-electron chi connectivity index (χ3n) is 4.38. The van der Waals surface area contributed by atoms with Crippen LogP contribution in [0.1, 0.15) is 32.7 Å². The van der Waals surface area contributed by atoms with Gasteiger partial charge < -0.3 is 14.4 Å². The Morgan fingerprint density at radius 1 is 1.03 bits per heavy atom. The standard InChI is InChI=1S/C24H23NO4/c1-17-12-18(2)14-20(13-17)24(28)22-9-5-11-25(22)10-4-7-19-6-3-8-21(15-19)29-16-23(26)27/h3-9,11-15H,10,16H2,1-2H3,(H,26,27)/b7-4+. The fourth-order valence-corrected chi connectivity index (χ4v) is 3.19. The molecule has 0 bridgehead atoms.